The fraction of sp³-hybridized carbons (Fsp3) is 0.467. The van der Waals surface area contributed by atoms with Gasteiger partial charge in [0.05, 0.1) is 4.92 Å². The van der Waals surface area contributed by atoms with Gasteiger partial charge in [-0.3, -0.25) is 10.1 Å². The standard InChI is InChI=1S/C15H17NO3/c17-15(13-4-2-1-3-5-13)11-8-12-6-9-14(10-7-12)16(18)19/h6-7,9-10,13,15,17H,1-5H2. The smallest absolute Gasteiger partial charge is 0.269 e. The van der Waals surface area contributed by atoms with Crippen molar-refractivity contribution in [1.29, 1.82) is 0 Å². The van der Waals surface area contributed by atoms with Crippen LogP contribution in [0.4, 0.5) is 5.69 Å². The van der Waals surface area contributed by atoms with E-state index < -0.39 is 11.0 Å². The molecule has 0 saturated heterocycles. The normalized spacial score (nSPS) is 17.3. The van der Waals surface area contributed by atoms with Crippen LogP contribution in [-0.4, -0.2) is 16.1 Å². The van der Waals surface area contributed by atoms with Crippen LogP contribution in [0.1, 0.15) is 37.7 Å². The van der Waals surface area contributed by atoms with Crippen molar-refractivity contribution >= 4 is 5.69 Å². The zero-order chi connectivity index (χ0) is 13.7. The summed E-state index contributed by atoms with van der Waals surface area (Å²) in [4.78, 5) is 10.1. The highest BCUT2D eigenvalue weighted by molar-refractivity contribution is 5.41. The molecule has 0 heterocycles. The lowest BCUT2D eigenvalue weighted by Gasteiger charge is -2.23. The maximum atomic E-state index is 10.5. The molecule has 1 aromatic rings. The molecule has 2 rings (SSSR count). The Hall–Kier alpha value is -1.86. The van der Waals surface area contributed by atoms with Crippen LogP contribution in [-0.2, 0) is 0 Å². The molecule has 1 atom stereocenters. The van der Waals surface area contributed by atoms with Gasteiger partial charge in [0.25, 0.3) is 5.69 Å². The lowest BCUT2D eigenvalue weighted by Crippen LogP contribution is -2.21. The van der Waals surface area contributed by atoms with Crippen LogP contribution in [0.15, 0.2) is 24.3 Å². The average molecular weight is 259 g/mol. The number of benzene rings is 1. The third kappa shape index (κ3) is 3.80. The molecule has 19 heavy (non-hydrogen) atoms. The maximum Gasteiger partial charge on any atom is 0.269 e. The minimum Gasteiger partial charge on any atom is -0.380 e. The first-order chi connectivity index (χ1) is 9.16. The van der Waals surface area contributed by atoms with Crippen molar-refractivity contribution in [1.82, 2.24) is 0 Å². The van der Waals surface area contributed by atoms with Gasteiger partial charge in [0.1, 0.15) is 6.10 Å². The molecule has 0 radical (unpaired) electrons. The first kappa shape index (κ1) is 13.6. The Morgan fingerprint density at radius 3 is 2.42 bits per heavy atom. The number of nitro groups is 1. The van der Waals surface area contributed by atoms with Crippen molar-refractivity contribution in [2.45, 2.75) is 38.2 Å². The predicted molar refractivity (Wildman–Crippen MR) is 72.6 cm³/mol. The molecule has 1 aromatic carbocycles. The SMILES string of the molecule is O=[N+]([O-])c1ccc(C#CC(O)C2CCCCC2)cc1. The summed E-state index contributed by atoms with van der Waals surface area (Å²) in [5.74, 6) is 6.02. The Morgan fingerprint density at radius 2 is 1.84 bits per heavy atom. The third-order valence-electron chi connectivity index (χ3n) is 3.54. The molecule has 0 amide bonds. The molecule has 1 N–H and O–H groups in total. The van der Waals surface area contributed by atoms with Crippen molar-refractivity contribution in [3.05, 3.63) is 39.9 Å². The summed E-state index contributed by atoms with van der Waals surface area (Å²) in [5, 5.41) is 20.5. The number of nitrogens with zero attached hydrogens (tertiary/aromatic N) is 1. The number of aliphatic hydroxyl groups excluding tert-OH is 1. The molecular weight excluding hydrogens is 242 g/mol. The average Bonchev–Trinajstić information content (AvgIpc) is 2.46. The molecule has 100 valence electrons. The van der Waals surface area contributed by atoms with Gasteiger partial charge in [-0.1, -0.05) is 31.1 Å². The van der Waals surface area contributed by atoms with Crippen molar-refractivity contribution in [3.8, 4) is 11.8 Å². The van der Waals surface area contributed by atoms with Crippen LogP contribution in [0.25, 0.3) is 0 Å². The number of hydrogen-bond acceptors (Lipinski definition) is 3. The van der Waals surface area contributed by atoms with Crippen molar-refractivity contribution in [3.63, 3.8) is 0 Å². The van der Waals surface area contributed by atoms with E-state index in [0.717, 1.165) is 12.8 Å². The fourth-order valence-corrected chi connectivity index (χ4v) is 2.39. The maximum absolute atomic E-state index is 10.5. The molecule has 0 aromatic heterocycles. The topological polar surface area (TPSA) is 63.4 Å². The molecular formula is C15H17NO3. The second-order valence-electron chi connectivity index (χ2n) is 4.92. The van der Waals surface area contributed by atoms with E-state index in [-0.39, 0.29) is 11.6 Å². The monoisotopic (exact) mass is 259 g/mol. The van der Waals surface area contributed by atoms with Gasteiger partial charge >= 0.3 is 0 Å². The molecule has 4 nitrogen and oxygen atoms in total. The largest absolute Gasteiger partial charge is 0.380 e. The molecule has 1 unspecified atom stereocenters. The van der Waals surface area contributed by atoms with Gasteiger partial charge in [-0.2, -0.15) is 0 Å². The van der Waals surface area contributed by atoms with E-state index >= 15 is 0 Å². The van der Waals surface area contributed by atoms with E-state index in [4.69, 9.17) is 0 Å². The Kier molecular flexibility index (Phi) is 4.53. The quantitative estimate of drug-likeness (QED) is 0.504. The lowest BCUT2D eigenvalue weighted by atomic mass is 9.85. The van der Waals surface area contributed by atoms with E-state index in [2.05, 4.69) is 11.8 Å². The Labute approximate surface area is 112 Å². The van der Waals surface area contributed by atoms with Gasteiger partial charge in [0, 0.05) is 17.7 Å². The summed E-state index contributed by atoms with van der Waals surface area (Å²) in [7, 11) is 0. The van der Waals surface area contributed by atoms with Crippen molar-refractivity contribution < 1.29 is 10.0 Å². The molecule has 0 bridgehead atoms. The lowest BCUT2D eigenvalue weighted by molar-refractivity contribution is -0.384. The minimum absolute atomic E-state index is 0.0541. The Morgan fingerprint density at radius 1 is 1.21 bits per heavy atom. The zero-order valence-corrected chi connectivity index (χ0v) is 10.7. The fourth-order valence-electron chi connectivity index (χ4n) is 2.39. The molecule has 0 aliphatic heterocycles. The highest BCUT2D eigenvalue weighted by Crippen LogP contribution is 2.26. The summed E-state index contributed by atoms with van der Waals surface area (Å²) in [6.45, 7) is 0. The van der Waals surface area contributed by atoms with Crippen molar-refractivity contribution in [2.75, 3.05) is 0 Å². The van der Waals surface area contributed by atoms with E-state index in [0.29, 0.717) is 5.56 Å². The van der Waals surface area contributed by atoms with E-state index in [1.165, 1.54) is 31.4 Å². The molecule has 0 spiro atoms. The van der Waals surface area contributed by atoms with Gasteiger partial charge < -0.3 is 5.11 Å². The summed E-state index contributed by atoms with van der Waals surface area (Å²) in [6.07, 6.45) is 5.07. The molecule has 1 aliphatic carbocycles. The second-order valence-corrected chi connectivity index (χ2v) is 4.92. The van der Waals surface area contributed by atoms with Crippen LogP contribution < -0.4 is 0 Å². The Balaban J connectivity index is 2.00. The third-order valence-corrected chi connectivity index (χ3v) is 3.54. The van der Waals surface area contributed by atoms with Crippen LogP contribution in [0.2, 0.25) is 0 Å². The predicted octanol–water partition coefficient (Wildman–Crippen LogP) is 2.89. The summed E-state index contributed by atoms with van der Waals surface area (Å²) in [5.41, 5.74) is 0.749. The van der Waals surface area contributed by atoms with E-state index in [1.54, 1.807) is 12.1 Å². The van der Waals surface area contributed by atoms with E-state index in [9.17, 15) is 15.2 Å². The highest BCUT2D eigenvalue weighted by Gasteiger charge is 2.19. The number of non-ortho nitro benzene ring substituents is 1. The van der Waals surface area contributed by atoms with Crippen LogP contribution in [0.3, 0.4) is 0 Å². The molecule has 1 aliphatic rings. The number of aliphatic hydroxyl groups is 1. The minimum atomic E-state index is -0.588. The molecule has 1 fully saturated rings. The van der Waals surface area contributed by atoms with Gasteiger partial charge in [-0.05, 0) is 30.9 Å². The molecule has 1 saturated carbocycles. The van der Waals surface area contributed by atoms with Crippen molar-refractivity contribution in [2.24, 2.45) is 5.92 Å². The number of rotatable bonds is 2. The van der Waals surface area contributed by atoms with Crippen LogP contribution in [0.5, 0.6) is 0 Å². The van der Waals surface area contributed by atoms with E-state index in [1.807, 2.05) is 0 Å². The van der Waals surface area contributed by atoms with Gasteiger partial charge in [-0.15, -0.1) is 0 Å². The van der Waals surface area contributed by atoms with Gasteiger partial charge in [0.2, 0.25) is 0 Å². The van der Waals surface area contributed by atoms with Crippen LogP contribution in [0, 0.1) is 27.9 Å². The zero-order valence-electron chi connectivity index (χ0n) is 10.7. The first-order valence-electron chi connectivity index (χ1n) is 6.61. The molecule has 4 heteroatoms. The second kappa shape index (κ2) is 6.35. The summed E-state index contributed by atoms with van der Waals surface area (Å²) < 4.78 is 0. The summed E-state index contributed by atoms with van der Waals surface area (Å²) >= 11 is 0. The summed E-state index contributed by atoms with van der Waals surface area (Å²) in [6, 6.07) is 6.07. The van der Waals surface area contributed by atoms with Crippen LogP contribution >= 0.6 is 0 Å². The highest BCUT2D eigenvalue weighted by atomic mass is 16.6. The Bertz CT molecular complexity index is 492. The number of hydrogen-bond donors (Lipinski definition) is 1. The number of nitro benzene ring substituents is 1. The first-order valence-corrected chi connectivity index (χ1v) is 6.61. The van der Waals surface area contributed by atoms with Gasteiger partial charge in [0.15, 0.2) is 0 Å². The van der Waals surface area contributed by atoms with Gasteiger partial charge in [-0.25, -0.2) is 0 Å².